The Hall–Kier alpha value is -2.70. The standard InChI is InChI=1S/C18H25N3O4/c1-5-24-15-8-7-14(11-16(15)25-6-2)20-17(22)9-10-21-13(4)12(3)19-18(21)23/h7-8,11H,5-6,9-10H2,1-4H3,(H,19,23)(H,20,22). The zero-order valence-corrected chi connectivity index (χ0v) is 15.1. The van der Waals surface area contributed by atoms with Crippen molar-refractivity contribution in [2.75, 3.05) is 18.5 Å². The number of anilines is 1. The molecule has 0 unspecified atom stereocenters. The highest BCUT2D eigenvalue weighted by Crippen LogP contribution is 2.30. The van der Waals surface area contributed by atoms with E-state index in [0.717, 1.165) is 11.4 Å². The Kier molecular flexibility index (Phi) is 6.27. The predicted molar refractivity (Wildman–Crippen MR) is 96.6 cm³/mol. The molecular weight excluding hydrogens is 322 g/mol. The highest BCUT2D eigenvalue weighted by molar-refractivity contribution is 5.91. The molecule has 2 N–H and O–H groups in total. The fourth-order valence-electron chi connectivity index (χ4n) is 2.51. The molecule has 0 saturated carbocycles. The first-order valence-corrected chi connectivity index (χ1v) is 8.41. The van der Waals surface area contributed by atoms with Gasteiger partial charge in [0.15, 0.2) is 11.5 Å². The summed E-state index contributed by atoms with van der Waals surface area (Å²) >= 11 is 0. The van der Waals surface area contributed by atoms with Gasteiger partial charge in [-0.15, -0.1) is 0 Å². The largest absolute Gasteiger partial charge is 0.490 e. The third-order valence-electron chi connectivity index (χ3n) is 3.88. The predicted octanol–water partition coefficient (Wildman–Crippen LogP) is 2.62. The molecule has 0 radical (unpaired) electrons. The summed E-state index contributed by atoms with van der Waals surface area (Å²) in [6.07, 6.45) is 0.204. The SMILES string of the molecule is CCOc1ccc(NC(=O)CCn2c(C)c(C)[nH]c2=O)cc1OCC. The van der Waals surface area contributed by atoms with E-state index in [1.165, 1.54) is 0 Å². The van der Waals surface area contributed by atoms with E-state index >= 15 is 0 Å². The van der Waals surface area contributed by atoms with Crippen LogP contribution in [0.3, 0.4) is 0 Å². The number of rotatable bonds is 8. The van der Waals surface area contributed by atoms with Gasteiger partial charge >= 0.3 is 5.69 Å². The number of hydrogen-bond donors (Lipinski definition) is 2. The number of aromatic amines is 1. The fraction of sp³-hybridized carbons (Fsp3) is 0.444. The minimum absolute atomic E-state index is 0.170. The lowest BCUT2D eigenvalue weighted by Gasteiger charge is -2.13. The van der Waals surface area contributed by atoms with Crippen molar-refractivity contribution >= 4 is 11.6 Å². The first-order valence-electron chi connectivity index (χ1n) is 8.41. The van der Waals surface area contributed by atoms with Crippen LogP contribution in [-0.4, -0.2) is 28.7 Å². The molecule has 1 aromatic heterocycles. The van der Waals surface area contributed by atoms with Crippen molar-refractivity contribution in [1.82, 2.24) is 9.55 Å². The Morgan fingerprint density at radius 2 is 1.84 bits per heavy atom. The molecule has 25 heavy (non-hydrogen) atoms. The number of amides is 1. The second kappa shape index (κ2) is 8.41. The van der Waals surface area contributed by atoms with Gasteiger partial charge in [0.2, 0.25) is 5.91 Å². The van der Waals surface area contributed by atoms with Crippen molar-refractivity contribution in [3.8, 4) is 11.5 Å². The van der Waals surface area contributed by atoms with E-state index in [4.69, 9.17) is 9.47 Å². The zero-order valence-electron chi connectivity index (χ0n) is 15.1. The topological polar surface area (TPSA) is 85.4 Å². The first kappa shape index (κ1) is 18.6. The summed E-state index contributed by atoms with van der Waals surface area (Å²) in [6.45, 7) is 8.85. The van der Waals surface area contributed by atoms with Crippen LogP contribution in [0.15, 0.2) is 23.0 Å². The highest BCUT2D eigenvalue weighted by Gasteiger charge is 2.11. The summed E-state index contributed by atoms with van der Waals surface area (Å²) in [4.78, 5) is 26.7. The summed E-state index contributed by atoms with van der Waals surface area (Å²) in [5.41, 5.74) is 2.10. The quantitative estimate of drug-likeness (QED) is 0.769. The van der Waals surface area contributed by atoms with Gasteiger partial charge in [0, 0.05) is 36.1 Å². The second-order valence-corrected chi connectivity index (χ2v) is 5.62. The van der Waals surface area contributed by atoms with Crippen molar-refractivity contribution < 1.29 is 14.3 Å². The fourth-order valence-corrected chi connectivity index (χ4v) is 2.51. The molecule has 0 aliphatic rings. The average Bonchev–Trinajstić information content (AvgIpc) is 2.81. The summed E-state index contributed by atoms with van der Waals surface area (Å²) < 4.78 is 12.6. The molecular formula is C18H25N3O4. The molecule has 2 aromatic rings. The molecule has 0 atom stereocenters. The first-order chi connectivity index (χ1) is 12.0. The van der Waals surface area contributed by atoms with Gasteiger partial charge in [0.25, 0.3) is 0 Å². The summed E-state index contributed by atoms with van der Waals surface area (Å²) in [5, 5.41) is 2.83. The number of hydrogen-bond acceptors (Lipinski definition) is 4. The van der Waals surface area contributed by atoms with Crippen molar-refractivity contribution in [1.29, 1.82) is 0 Å². The lowest BCUT2D eigenvalue weighted by molar-refractivity contribution is -0.116. The Balaban J connectivity index is 2.02. The minimum atomic E-state index is -0.192. The smallest absolute Gasteiger partial charge is 0.325 e. The van der Waals surface area contributed by atoms with Gasteiger partial charge in [0.05, 0.1) is 13.2 Å². The number of H-pyrrole nitrogens is 1. The van der Waals surface area contributed by atoms with E-state index in [0.29, 0.717) is 36.9 Å². The number of ether oxygens (including phenoxy) is 2. The summed E-state index contributed by atoms with van der Waals surface area (Å²) in [7, 11) is 0. The van der Waals surface area contributed by atoms with E-state index in [1.807, 2.05) is 27.7 Å². The molecule has 7 heteroatoms. The van der Waals surface area contributed by atoms with Crippen LogP contribution in [0.1, 0.15) is 31.7 Å². The van der Waals surface area contributed by atoms with Crippen LogP contribution in [0, 0.1) is 13.8 Å². The molecule has 1 heterocycles. The molecule has 0 aliphatic carbocycles. The third kappa shape index (κ3) is 4.65. The van der Waals surface area contributed by atoms with E-state index < -0.39 is 0 Å². The van der Waals surface area contributed by atoms with Crippen LogP contribution in [0.5, 0.6) is 11.5 Å². The van der Waals surface area contributed by atoms with Crippen LogP contribution in [0.2, 0.25) is 0 Å². The van der Waals surface area contributed by atoms with Gasteiger partial charge in [-0.2, -0.15) is 0 Å². The maximum absolute atomic E-state index is 12.2. The molecule has 0 saturated heterocycles. The highest BCUT2D eigenvalue weighted by atomic mass is 16.5. The number of carbonyl (C=O) groups is 1. The van der Waals surface area contributed by atoms with Crippen molar-refractivity contribution in [2.45, 2.75) is 40.7 Å². The van der Waals surface area contributed by atoms with Crippen molar-refractivity contribution in [3.05, 3.63) is 40.1 Å². The van der Waals surface area contributed by atoms with Crippen LogP contribution in [0.4, 0.5) is 5.69 Å². The van der Waals surface area contributed by atoms with E-state index in [-0.39, 0.29) is 18.0 Å². The Morgan fingerprint density at radius 3 is 2.44 bits per heavy atom. The van der Waals surface area contributed by atoms with Gasteiger partial charge in [0.1, 0.15) is 0 Å². The van der Waals surface area contributed by atoms with Gasteiger partial charge in [-0.25, -0.2) is 4.79 Å². The maximum Gasteiger partial charge on any atom is 0.325 e. The molecule has 1 amide bonds. The molecule has 0 fully saturated rings. The molecule has 0 spiro atoms. The molecule has 2 rings (SSSR count). The minimum Gasteiger partial charge on any atom is -0.490 e. The Labute approximate surface area is 147 Å². The van der Waals surface area contributed by atoms with E-state index in [1.54, 1.807) is 22.8 Å². The molecule has 1 aromatic carbocycles. The van der Waals surface area contributed by atoms with E-state index in [2.05, 4.69) is 10.3 Å². The van der Waals surface area contributed by atoms with Crippen molar-refractivity contribution in [3.63, 3.8) is 0 Å². The van der Waals surface area contributed by atoms with Gasteiger partial charge in [-0.05, 0) is 39.8 Å². The zero-order chi connectivity index (χ0) is 18.4. The lowest BCUT2D eigenvalue weighted by atomic mass is 10.2. The number of aromatic nitrogens is 2. The molecule has 7 nitrogen and oxygen atoms in total. The van der Waals surface area contributed by atoms with Crippen molar-refractivity contribution in [2.24, 2.45) is 0 Å². The van der Waals surface area contributed by atoms with Crippen LogP contribution in [0.25, 0.3) is 0 Å². The lowest BCUT2D eigenvalue weighted by Crippen LogP contribution is -2.22. The number of nitrogens with zero attached hydrogens (tertiary/aromatic N) is 1. The van der Waals surface area contributed by atoms with Crippen LogP contribution in [-0.2, 0) is 11.3 Å². The summed E-state index contributed by atoms with van der Waals surface area (Å²) in [6, 6.07) is 5.28. The monoisotopic (exact) mass is 347 g/mol. The Morgan fingerprint density at radius 1 is 1.16 bits per heavy atom. The second-order valence-electron chi connectivity index (χ2n) is 5.62. The van der Waals surface area contributed by atoms with Crippen LogP contribution < -0.4 is 20.5 Å². The molecule has 0 aliphatic heterocycles. The molecule has 136 valence electrons. The van der Waals surface area contributed by atoms with Gasteiger partial charge < -0.3 is 19.8 Å². The van der Waals surface area contributed by atoms with Gasteiger partial charge in [-0.3, -0.25) is 9.36 Å². The Bertz CT molecular complexity index is 792. The number of nitrogens with one attached hydrogen (secondary N) is 2. The maximum atomic E-state index is 12.2. The van der Waals surface area contributed by atoms with Gasteiger partial charge in [-0.1, -0.05) is 0 Å². The number of aryl methyl sites for hydroxylation is 1. The number of carbonyl (C=O) groups excluding carboxylic acids is 1. The number of imidazole rings is 1. The van der Waals surface area contributed by atoms with Crippen LogP contribution >= 0.6 is 0 Å². The number of benzene rings is 1. The normalized spacial score (nSPS) is 10.6. The average molecular weight is 347 g/mol. The van der Waals surface area contributed by atoms with E-state index in [9.17, 15) is 9.59 Å². The molecule has 0 bridgehead atoms. The third-order valence-corrected chi connectivity index (χ3v) is 3.88. The summed E-state index contributed by atoms with van der Waals surface area (Å²) in [5.74, 6) is 1.07.